The van der Waals surface area contributed by atoms with Gasteiger partial charge in [-0.3, -0.25) is 4.79 Å². The zero-order valence-electron chi connectivity index (χ0n) is 12.2. The second-order valence-corrected chi connectivity index (χ2v) is 7.18. The van der Waals surface area contributed by atoms with Crippen LogP contribution >= 0.6 is 0 Å². The van der Waals surface area contributed by atoms with E-state index in [0.717, 1.165) is 0 Å². The maximum absolute atomic E-state index is 11.9. The average molecular weight is 294 g/mol. The van der Waals surface area contributed by atoms with Gasteiger partial charge in [0.15, 0.2) is 0 Å². The summed E-state index contributed by atoms with van der Waals surface area (Å²) in [6.07, 6.45) is 0.494. The van der Waals surface area contributed by atoms with Crippen LogP contribution in [0.25, 0.3) is 0 Å². The first-order valence-corrected chi connectivity index (χ1v) is 8.16. The number of rotatable bonds is 9. The molecule has 19 heavy (non-hydrogen) atoms. The van der Waals surface area contributed by atoms with Crippen LogP contribution in [0, 0.1) is 5.92 Å². The fourth-order valence-corrected chi connectivity index (χ4v) is 3.40. The summed E-state index contributed by atoms with van der Waals surface area (Å²) in [6.45, 7) is 7.92. The van der Waals surface area contributed by atoms with E-state index in [2.05, 4.69) is 4.72 Å². The Kier molecular flexibility index (Phi) is 7.54. The highest BCUT2D eigenvalue weighted by molar-refractivity contribution is 7.89. The van der Waals surface area contributed by atoms with Crippen LogP contribution in [0.4, 0.5) is 0 Å². The first-order valence-electron chi connectivity index (χ1n) is 6.51. The molecule has 0 saturated carbocycles. The number of esters is 1. The Bertz CT molecular complexity index is 381. The quantitative estimate of drug-likeness (QED) is 0.607. The highest BCUT2D eigenvalue weighted by Crippen LogP contribution is 2.16. The van der Waals surface area contributed by atoms with Crippen molar-refractivity contribution in [3.05, 3.63) is 0 Å². The molecule has 3 N–H and O–H groups in total. The van der Waals surface area contributed by atoms with Crippen LogP contribution in [0.5, 0.6) is 0 Å². The molecule has 1 atom stereocenters. The zero-order chi connectivity index (χ0) is 15.1. The van der Waals surface area contributed by atoms with Crippen LogP contribution in [0.3, 0.4) is 0 Å². The predicted molar refractivity (Wildman–Crippen MR) is 75.1 cm³/mol. The number of carbonyl (C=O) groups excluding carboxylic acids is 1. The minimum absolute atomic E-state index is 0.147. The molecule has 0 aromatic heterocycles. The van der Waals surface area contributed by atoms with Gasteiger partial charge < -0.3 is 10.5 Å². The largest absolute Gasteiger partial charge is 0.466 e. The summed E-state index contributed by atoms with van der Waals surface area (Å²) in [6, 6.07) is 0. The lowest BCUT2D eigenvalue weighted by molar-refractivity contribution is -0.142. The SMILES string of the molecule is CCOC(=O)CCS(=O)(=O)NC(C)(CN)CC(C)C. The Labute approximate surface area is 116 Å². The first-order chi connectivity index (χ1) is 8.64. The molecular formula is C12H26N2O4S. The highest BCUT2D eigenvalue weighted by atomic mass is 32.2. The van der Waals surface area contributed by atoms with Crippen LogP contribution in [-0.2, 0) is 19.6 Å². The molecule has 0 bridgehead atoms. The Morgan fingerprint density at radius 1 is 1.42 bits per heavy atom. The molecule has 0 saturated heterocycles. The van der Waals surface area contributed by atoms with E-state index in [-0.39, 0.29) is 25.3 Å². The second kappa shape index (κ2) is 7.81. The van der Waals surface area contributed by atoms with E-state index in [1.165, 1.54) is 0 Å². The number of ether oxygens (including phenoxy) is 1. The van der Waals surface area contributed by atoms with Gasteiger partial charge in [0.2, 0.25) is 10.0 Å². The Morgan fingerprint density at radius 2 is 2.00 bits per heavy atom. The molecule has 0 spiro atoms. The minimum atomic E-state index is -3.54. The number of hydrogen-bond acceptors (Lipinski definition) is 5. The van der Waals surface area contributed by atoms with E-state index < -0.39 is 21.5 Å². The van der Waals surface area contributed by atoms with Crippen molar-refractivity contribution in [2.24, 2.45) is 11.7 Å². The Morgan fingerprint density at radius 3 is 2.42 bits per heavy atom. The molecule has 0 aromatic carbocycles. The van der Waals surface area contributed by atoms with Gasteiger partial charge in [0.25, 0.3) is 0 Å². The number of nitrogens with two attached hydrogens (primary N) is 1. The molecule has 1 unspecified atom stereocenters. The molecule has 7 heteroatoms. The lowest BCUT2D eigenvalue weighted by atomic mass is 9.92. The van der Waals surface area contributed by atoms with Crippen molar-refractivity contribution in [1.82, 2.24) is 4.72 Å². The molecule has 6 nitrogen and oxygen atoms in total. The molecule has 0 amide bonds. The van der Waals surface area contributed by atoms with Gasteiger partial charge in [-0.1, -0.05) is 13.8 Å². The molecule has 0 aromatic rings. The highest BCUT2D eigenvalue weighted by Gasteiger charge is 2.29. The summed E-state index contributed by atoms with van der Waals surface area (Å²) in [4.78, 5) is 11.2. The van der Waals surface area contributed by atoms with E-state index in [4.69, 9.17) is 10.5 Å². The lowest BCUT2D eigenvalue weighted by Crippen LogP contribution is -2.52. The van der Waals surface area contributed by atoms with Gasteiger partial charge in [0.1, 0.15) is 0 Å². The second-order valence-electron chi connectivity index (χ2n) is 5.34. The van der Waals surface area contributed by atoms with Crippen LogP contribution in [0.1, 0.15) is 40.5 Å². The third-order valence-corrected chi connectivity index (χ3v) is 4.14. The summed E-state index contributed by atoms with van der Waals surface area (Å²) in [5, 5.41) is 0. The van der Waals surface area contributed by atoms with E-state index >= 15 is 0 Å². The van der Waals surface area contributed by atoms with Crippen LogP contribution in [0.2, 0.25) is 0 Å². The van der Waals surface area contributed by atoms with Crippen molar-refractivity contribution < 1.29 is 17.9 Å². The topological polar surface area (TPSA) is 98.5 Å². The summed E-state index contributed by atoms with van der Waals surface area (Å²) in [7, 11) is -3.54. The molecule has 0 heterocycles. The molecule has 0 fully saturated rings. The van der Waals surface area contributed by atoms with Gasteiger partial charge in [0.05, 0.1) is 18.8 Å². The molecule has 0 aliphatic heterocycles. The van der Waals surface area contributed by atoms with E-state index in [9.17, 15) is 13.2 Å². The van der Waals surface area contributed by atoms with Crippen molar-refractivity contribution in [3.8, 4) is 0 Å². The van der Waals surface area contributed by atoms with Crippen LogP contribution in [-0.4, -0.2) is 38.8 Å². The molecular weight excluding hydrogens is 268 g/mol. The fourth-order valence-electron chi connectivity index (χ4n) is 1.95. The van der Waals surface area contributed by atoms with Crippen molar-refractivity contribution in [1.29, 1.82) is 0 Å². The maximum atomic E-state index is 11.9. The number of hydrogen-bond donors (Lipinski definition) is 2. The standard InChI is InChI=1S/C12H26N2O4S/c1-5-18-11(15)6-7-19(16,17)14-12(4,9-13)8-10(2)3/h10,14H,5-9,13H2,1-4H3. The van der Waals surface area contributed by atoms with Gasteiger partial charge in [-0.15, -0.1) is 0 Å². The van der Waals surface area contributed by atoms with E-state index in [1.54, 1.807) is 13.8 Å². The van der Waals surface area contributed by atoms with Crippen molar-refractivity contribution in [2.45, 2.75) is 46.1 Å². The predicted octanol–water partition coefficient (Wildman–Crippen LogP) is 0.623. The fraction of sp³-hybridized carbons (Fsp3) is 0.917. The smallest absolute Gasteiger partial charge is 0.306 e. The minimum Gasteiger partial charge on any atom is -0.466 e. The summed E-state index contributed by atoms with van der Waals surface area (Å²) >= 11 is 0. The third-order valence-electron chi connectivity index (χ3n) is 2.59. The monoisotopic (exact) mass is 294 g/mol. The van der Waals surface area contributed by atoms with Gasteiger partial charge in [-0.05, 0) is 26.2 Å². The average Bonchev–Trinajstić information content (AvgIpc) is 2.25. The molecule has 0 rings (SSSR count). The van der Waals surface area contributed by atoms with Gasteiger partial charge in [-0.25, -0.2) is 13.1 Å². The van der Waals surface area contributed by atoms with Gasteiger partial charge in [0, 0.05) is 12.1 Å². The van der Waals surface area contributed by atoms with Crippen molar-refractivity contribution >= 4 is 16.0 Å². The summed E-state index contributed by atoms with van der Waals surface area (Å²) in [5.74, 6) is -0.466. The Balaban J connectivity index is 4.53. The number of sulfonamides is 1. The summed E-state index contributed by atoms with van der Waals surface area (Å²) in [5.41, 5.74) is 4.97. The molecule has 114 valence electrons. The number of nitrogens with one attached hydrogen (secondary N) is 1. The first kappa shape index (κ1) is 18.3. The number of carbonyl (C=O) groups is 1. The summed E-state index contributed by atoms with van der Waals surface area (Å²) < 4.78 is 31.1. The maximum Gasteiger partial charge on any atom is 0.306 e. The Hall–Kier alpha value is -0.660. The van der Waals surface area contributed by atoms with E-state index in [0.29, 0.717) is 12.3 Å². The van der Waals surface area contributed by atoms with Crippen molar-refractivity contribution in [2.75, 3.05) is 18.9 Å². The zero-order valence-corrected chi connectivity index (χ0v) is 13.0. The third kappa shape index (κ3) is 8.18. The van der Waals surface area contributed by atoms with Gasteiger partial charge >= 0.3 is 5.97 Å². The van der Waals surface area contributed by atoms with Crippen molar-refractivity contribution in [3.63, 3.8) is 0 Å². The van der Waals surface area contributed by atoms with E-state index in [1.807, 2.05) is 13.8 Å². The molecule has 0 aliphatic rings. The molecule has 0 aliphatic carbocycles. The normalized spacial score (nSPS) is 15.3. The molecule has 0 radical (unpaired) electrons. The van der Waals surface area contributed by atoms with Crippen LogP contribution < -0.4 is 10.5 Å². The van der Waals surface area contributed by atoms with Crippen LogP contribution in [0.15, 0.2) is 0 Å². The van der Waals surface area contributed by atoms with Gasteiger partial charge in [-0.2, -0.15) is 0 Å². The lowest BCUT2D eigenvalue weighted by Gasteiger charge is -2.30.